The molecule has 19 heavy (non-hydrogen) atoms. The first-order valence-corrected chi connectivity index (χ1v) is 6.66. The van der Waals surface area contributed by atoms with Crippen LogP contribution in [0.15, 0.2) is 12.3 Å². The fourth-order valence-electron chi connectivity index (χ4n) is 2.14. The van der Waals surface area contributed by atoms with Crippen molar-refractivity contribution in [3.8, 4) is 11.5 Å². The maximum atomic E-state index is 4.58. The van der Waals surface area contributed by atoms with Crippen LogP contribution in [0.1, 0.15) is 23.9 Å². The first kappa shape index (κ1) is 13.7. The topological polar surface area (TPSA) is 55.6 Å². The maximum absolute atomic E-state index is 4.58. The molecule has 0 radical (unpaired) electrons. The molecule has 0 unspecified atom stereocenters. The second-order valence-electron chi connectivity index (χ2n) is 4.67. The van der Waals surface area contributed by atoms with Crippen molar-refractivity contribution in [2.75, 3.05) is 13.1 Å². The third kappa shape index (κ3) is 3.17. The molecular weight excluding hydrogens is 238 g/mol. The third-order valence-electron chi connectivity index (χ3n) is 3.17. The fraction of sp³-hybridized carbons (Fsp3) is 0.500. The minimum absolute atomic E-state index is 0.711. The molecule has 0 spiro atoms. The van der Waals surface area contributed by atoms with E-state index >= 15 is 0 Å². The van der Waals surface area contributed by atoms with Gasteiger partial charge in [0.05, 0.1) is 0 Å². The zero-order valence-corrected chi connectivity index (χ0v) is 12.1. The monoisotopic (exact) mass is 259 g/mol. The van der Waals surface area contributed by atoms with Crippen molar-refractivity contribution < 1.29 is 0 Å². The zero-order valence-electron chi connectivity index (χ0n) is 12.1. The second kappa shape index (κ2) is 5.93. The number of hydrogen-bond acceptors (Lipinski definition) is 4. The summed E-state index contributed by atoms with van der Waals surface area (Å²) >= 11 is 0. The Morgan fingerprint density at radius 3 is 2.42 bits per heavy atom. The predicted molar refractivity (Wildman–Crippen MR) is 76.0 cm³/mol. The Balaban J connectivity index is 2.26. The average Bonchev–Trinajstić information content (AvgIpc) is 2.79. The smallest absolute Gasteiger partial charge is 0.180 e. The summed E-state index contributed by atoms with van der Waals surface area (Å²) in [6.45, 7) is 8.15. The van der Waals surface area contributed by atoms with Crippen LogP contribution in [0.25, 0.3) is 11.5 Å². The molecule has 0 amide bonds. The number of nitrogens with one attached hydrogen (secondary N) is 1. The van der Waals surface area contributed by atoms with Crippen LogP contribution in [0.5, 0.6) is 0 Å². The Morgan fingerprint density at radius 1 is 1.21 bits per heavy atom. The molecule has 1 N–H and O–H groups in total. The van der Waals surface area contributed by atoms with Crippen LogP contribution in [0.3, 0.4) is 0 Å². The molecule has 0 aliphatic heterocycles. The summed E-state index contributed by atoms with van der Waals surface area (Å²) in [7, 11) is 1.90. The van der Waals surface area contributed by atoms with Crippen LogP contribution in [-0.4, -0.2) is 32.8 Å². The molecule has 0 aliphatic carbocycles. The third-order valence-corrected chi connectivity index (χ3v) is 3.17. The molecule has 0 saturated heterocycles. The molecule has 0 saturated carbocycles. The van der Waals surface area contributed by atoms with Crippen LogP contribution >= 0.6 is 0 Å². The van der Waals surface area contributed by atoms with Gasteiger partial charge in [-0.2, -0.15) is 5.10 Å². The number of nitrogens with zero attached hydrogens (tertiary/aromatic N) is 4. The van der Waals surface area contributed by atoms with Gasteiger partial charge in [0.15, 0.2) is 5.82 Å². The van der Waals surface area contributed by atoms with E-state index in [-0.39, 0.29) is 0 Å². The molecule has 5 nitrogen and oxygen atoms in total. The predicted octanol–water partition coefficient (Wildman–Crippen LogP) is 1.65. The van der Waals surface area contributed by atoms with Crippen molar-refractivity contribution in [3.63, 3.8) is 0 Å². The van der Waals surface area contributed by atoms with E-state index in [1.54, 1.807) is 4.68 Å². The second-order valence-corrected chi connectivity index (χ2v) is 4.67. The lowest BCUT2D eigenvalue weighted by Gasteiger charge is -2.10. The summed E-state index contributed by atoms with van der Waals surface area (Å²) in [5, 5.41) is 7.68. The Kier molecular flexibility index (Phi) is 4.27. The molecule has 2 rings (SSSR count). The first-order valence-electron chi connectivity index (χ1n) is 6.66. The number of hydrogen-bond donors (Lipinski definition) is 1. The van der Waals surface area contributed by atoms with E-state index in [1.807, 2.05) is 33.2 Å². The fourth-order valence-corrected chi connectivity index (χ4v) is 2.14. The van der Waals surface area contributed by atoms with Gasteiger partial charge in [0.1, 0.15) is 5.69 Å². The molecule has 0 aromatic carbocycles. The summed E-state index contributed by atoms with van der Waals surface area (Å²) in [6, 6.07) is 1.94. The van der Waals surface area contributed by atoms with E-state index < -0.39 is 0 Å². The summed E-state index contributed by atoms with van der Waals surface area (Å²) < 4.78 is 1.77. The minimum atomic E-state index is 0.711. The Bertz CT molecular complexity index is 536. The molecular formula is C14H21N5. The molecule has 2 aromatic heterocycles. The molecule has 0 bridgehead atoms. The van der Waals surface area contributed by atoms with Crippen molar-refractivity contribution in [1.82, 2.24) is 25.1 Å². The highest BCUT2D eigenvalue weighted by Crippen LogP contribution is 2.17. The van der Waals surface area contributed by atoms with E-state index in [2.05, 4.69) is 27.3 Å². The van der Waals surface area contributed by atoms with E-state index in [0.29, 0.717) is 5.82 Å². The lowest BCUT2D eigenvalue weighted by molar-refractivity contribution is 0.707. The quantitative estimate of drug-likeness (QED) is 0.829. The van der Waals surface area contributed by atoms with Crippen molar-refractivity contribution in [3.05, 3.63) is 29.2 Å². The highest BCUT2D eigenvalue weighted by Gasteiger charge is 2.11. The molecule has 0 aliphatic rings. The lowest BCUT2D eigenvalue weighted by atomic mass is 10.1. The number of likely N-dealkylation sites (N-methyl/N-ethyl adjacent to an activating group) is 1. The number of rotatable bonds is 5. The summed E-state index contributed by atoms with van der Waals surface area (Å²) in [4.78, 5) is 9.16. The van der Waals surface area contributed by atoms with Gasteiger partial charge in [0.2, 0.25) is 0 Å². The molecule has 0 atom stereocenters. The van der Waals surface area contributed by atoms with E-state index in [0.717, 1.165) is 36.6 Å². The summed E-state index contributed by atoms with van der Waals surface area (Å²) in [5.41, 5.74) is 4.16. The lowest BCUT2D eigenvalue weighted by Crippen LogP contribution is -2.17. The van der Waals surface area contributed by atoms with Crippen LogP contribution in [0.2, 0.25) is 0 Å². The van der Waals surface area contributed by atoms with Crippen LogP contribution < -0.4 is 5.32 Å². The molecule has 0 fully saturated rings. The normalized spacial score (nSPS) is 10.9. The van der Waals surface area contributed by atoms with Crippen molar-refractivity contribution in [2.24, 2.45) is 7.05 Å². The Labute approximate surface area is 114 Å². The van der Waals surface area contributed by atoms with Gasteiger partial charge in [-0.15, -0.1) is 0 Å². The number of aromatic nitrogens is 4. The van der Waals surface area contributed by atoms with E-state index in [9.17, 15) is 0 Å². The van der Waals surface area contributed by atoms with E-state index in [4.69, 9.17) is 0 Å². The van der Waals surface area contributed by atoms with E-state index in [1.165, 1.54) is 5.56 Å². The van der Waals surface area contributed by atoms with Crippen molar-refractivity contribution >= 4 is 0 Å². The van der Waals surface area contributed by atoms with Gasteiger partial charge in [0, 0.05) is 24.6 Å². The minimum Gasteiger partial charge on any atom is -0.317 e. The SMILES string of the molecule is CCNCCc1c(C)nc(-c2ccn(C)n2)nc1C. The Hall–Kier alpha value is -1.75. The van der Waals surface area contributed by atoms with Gasteiger partial charge in [0.25, 0.3) is 0 Å². The van der Waals surface area contributed by atoms with Gasteiger partial charge >= 0.3 is 0 Å². The standard InChI is InChI=1S/C14H21N5/c1-5-15-8-6-12-10(2)16-14(17-11(12)3)13-7-9-19(4)18-13/h7,9,15H,5-6,8H2,1-4H3. The van der Waals surface area contributed by atoms with Crippen LogP contribution in [-0.2, 0) is 13.5 Å². The molecule has 2 heterocycles. The van der Waals surface area contributed by atoms with Gasteiger partial charge in [-0.3, -0.25) is 4.68 Å². The Morgan fingerprint density at radius 2 is 1.89 bits per heavy atom. The van der Waals surface area contributed by atoms with Gasteiger partial charge in [-0.05, 0) is 45.0 Å². The average molecular weight is 259 g/mol. The molecule has 102 valence electrons. The van der Waals surface area contributed by atoms with Gasteiger partial charge in [-0.1, -0.05) is 6.92 Å². The number of aryl methyl sites for hydroxylation is 3. The van der Waals surface area contributed by atoms with Gasteiger partial charge < -0.3 is 5.32 Å². The maximum Gasteiger partial charge on any atom is 0.180 e. The first-order chi connectivity index (χ1) is 9.11. The van der Waals surface area contributed by atoms with Gasteiger partial charge in [-0.25, -0.2) is 9.97 Å². The van der Waals surface area contributed by atoms with Crippen LogP contribution in [0.4, 0.5) is 0 Å². The highest BCUT2D eigenvalue weighted by atomic mass is 15.3. The molecule has 5 heteroatoms. The highest BCUT2D eigenvalue weighted by molar-refractivity contribution is 5.49. The van der Waals surface area contributed by atoms with Crippen molar-refractivity contribution in [1.29, 1.82) is 0 Å². The molecule has 2 aromatic rings. The summed E-state index contributed by atoms with van der Waals surface area (Å²) in [5.74, 6) is 0.711. The summed E-state index contributed by atoms with van der Waals surface area (Å²) in [6.07, 6.45) is 2.87. The van der Waals surface area contributed by atoms with Crippen LogP contribution in [0, 0.1) is 13.8 Å². The van der Waals surface area contributed by atoms with Crippen molar-refractivity contribution in [2.45, 2.75) is 27.2 Å². The largest absolute Gasteiger partial charge is 0.317 e. The zero-order chi connectivity index (χ0) is 13.8.